The summed E-state index contributed by atoms with van der Waals surface area (Å²) in [7, 11) is 1.28. The molecule has 0 saturated carbocycles. The number of hydrogen-bond donors (Lipinski definition) is 1. The Morgan fingerprint density at radius 3 is 2.71 bits per heavy atom. The maximum absolute atomic E-state index is 13.9. The van der Waals surface area contributed by atoms with Crippen molar-refractivity contribution in [3.8, 4) is 0 Å². The number of nitrogens with one attached hydrogen (secondary N) is 1. The molecule has 1 N–H and O–H groups in total. The van der Waals surface area contributed by atoms with Crippen LogP contribution in [0.2, 0.25) is 0 Å². The average molecular weight is 431 g/mol. The second-order valence-electron chi connectivity index (χ2n) is 6.30. The summed E-state index contributed by atoms with van der Waals surface area (Å²) in [5, 5.41) is 2.94. The lowest BCUT2D eigenvalue weighted by atomic mass is 10.0. The van der Waals surface area contributed by atoms with Gasteiger partial charge in [0, 0.05) is 24.0 Å². The number of anilines is 1. The summed E-state index contributed by atoms with van der Waals surface area (Å²) in [6.07, 6.45) is 1.70. The number of amides is 1. The van der Waals surface area contributed by atoms with Gasteiger partial charge in [0.15, 0.2) is 0 Å². The molecule has 0 atom stereocenters. The van der Waals surface area contributed by atoms with Gasteiger partial charge in [-0.15, -0.1) is 23.7 Å². The molecule has 5 nitrogen and oxygen atoms in total. The minimum atomic E-state index is -0.956. The first-order chi connectivity index (χ1) is 12.9. The van der Waals surface area contributed by atoms with Gasteiger partial charge in [-0.25, -0.2) is 13.6 Å². The van der Waals surface area contributed by atoms with Crippen LogP contribution in [0.4, 0.5) is 13.8 Å². The molecule has 0 saturated heterocycles. The third kappa shape index (κ3) is 4.51. The molecule has 28 heavy (non-hydrogen) atoms. The van der Waals surface area contributed by atoms with E-state index in [0.717, 1.165) is 42.1 Å². The third-order valence-electron chi connectivity index (χ3n) is 4.47. The highest BCUT2D eigenvalue weighted by Crippen LogP contribution is 2.38. The van der Waals surface area contributed by atoms with Gasteiger partial charge in [0.1, 0.15) is 16.6 Å². The van der Waals surface area contributed by atoms with Crippen LogP contribution in [-0.2, 0) is 17.7 Å². The normalized spacial score (nSPS) is 13.4. The lowest BCUT2D eigenvalue weighted by Gasteiger charge is -2.26. The highest BCUT2D eigenvalue weighted by atomic mass is 35.5. The molecule has 0 fully saturated rings. The maximum Gasteiger partial charge on any atom is 0.341 e. The summed E-state index contributed by atoms with van der Waals surface area (Å²) in [6.45, 7) is 4.57. The number of fused-ring (bicyclic) bond motifs is 1. The zero-order valence-electron chi connectivity index (χ0n) is 15.5. The first-order valence-electron chi connectivity index (χ1n) is 8.66. The van der Waals surface area contributed by atoms with E-state index in [1.807, 2.05) is 0 Å². The molecule has 0 radical (unpaired) electrons. The Bertz CT molecular complexity index is 888. The Hall–Kier alpha value is -2.03. The topological polar surface area (TPSA) is 58.6 Å². The van der Waals surface area contributed by atoms with Gasteiger partial charge < -0.3 is 10.1 Å². The molecule has 9 heteroatoms. The fourth-order valence-corrected chi connectivity index (χ4v) is 4.49. The lowest BCUT2D eigenvalue weighted by molar-refractivity contribution is 0.0600. The number of carbonyl (C=O) groups excluding carboxylic acids is 2. The van der Waals surface area contributed by atoms with Crippen molar-refractivity contribution in [2.45, 2.75) is 26.3 Å². The summed E-state index contributed by atoms with van der Waals surface area (Å²) >= 11 is 1.30. The molecule has 0 bridgehead atoms. The van der Waals surface area contributed by atoms with E-state index >= 15 is 0 Å². The van der Waals surface area contributed by atoms with Crippen LogP contribution in [-0.4, -0.2) is 37.0 Å². The van der Waals surface area contributed by atoms with Gasteiger partial charge in [-0.1, -0.05) is 6.92 Å². The van der Waals surface area contributed by atoms with Crippen molar-refractivity contribution in [2.75, 3.05) is 25.5 Å². The number of esters is 1. The van der Waals surface area contributed by atoms with Crippen LogP contribution in [0.3, 0.4) is 0 Å². The molecule has 0 aliphatic carbocycles. The number of thiophene rings is 1. The fraction of sp³-hybridized carbons (Fsp3) is 0.368. The van der Waals surface area contributed by atoms with Crippen LogP contribution in [0.5, 0.6) is 0 Å². The van der Waals surface area contributed by atoms with Crippen molar-refractivity contribution in [1.82, 2.24) is 4.90 Å². The van der Waals surface area contributed by atoms with E-state index in [4.69, 9.17) is 4.74 Å². The van der Waals surface area contributed by atoms with E-state index in [0.29, 0.717) is 29.6 Å². The van der Waals surface area contributed by atoms with Gasteiger partial charge in [-0.05, 0) is 37.1 Å². The Labute approximate surface area is 172 Å². The summed E-state index contributed by atoms with van der Waals surface area (Å²) in [5.41, 5.74) is 0.907. The van der Waals surface area contributed by atoms with Crippen molar-refractivity contribution in [3.05, 3.63) is 51.4 Å². The highest BCUT2D eigenvalue weighted by Gasteiger charge is 2.29. The van der Waals surface area contributed by atoms with Gasteiger partial charge in [0.2, 0.25) is 0 Å². The van der Waals surface area contributed by atoms with Crippen LogP contribution >= 0.6 is 23.7 Å². The molecule has 1 aliphatic rings. The molecule has 1 aromatic heterocycles. The lowest BCUT2D eigenvalue weighted by Crippen LogP contribution is -2.30. The van der Waals surface area contributed by atoms with Gasteiger partial charge in [0.05, 0.1) is 18.2 Å². The Balaban J connectivity index is 0.00000280. The summed E-state index contributed by atoms with van der Waals surface area (Å²) in [5.74, 6) is -2.99. The minimum absolute atomic E-state index is 0. The number of hydrogen-bond acceptors (Lipinski definition) is 5. The summed E-state index contributed by atoms with van der Waals surface area (Å²) < 4.78 is 31.8. The zero-order chi connectivity index (χ0) is 19.6. The summed E-state index contributed by atoms with van der Waals surface area (Å²) in [4.78, 5) is 28.0. The SMILES string of the molecule is CCCN1CCc2c(sc(NC(=O)c3ccc(F)cc3F)c2C(=O)OC)C1.Cl. The predicted molar refractivity (Wildman–Crippen MR) is 106 cm³/mol. The quantitative estimate of drug-likeness (QED) is 0.720. The number of ether oxygens (including phenoxy) is 1. The van der Waals surface area contributed by atoms with Crippen LogP contribution in [0, 0.1) is 11.6 Å². The molecule has 1 amide bonds. The van der Waals surface area contributed by atoms with Gasteiger partial charge in [-0.3, -0.25) is 9.69 Å². The van der Waals surface area contributed by atoms with E-state index in [9.17, 15) is 18.4 Å². The van der Waals surface area contributed by atoms with E-state index in [-0.39, 0.29) is 18.0 Å². The number of halogens is 3. The van der Waals surface area contributed by atoms with Crippen LogP contribution in [0.1, 0.15) is 44.5 Å². The largest absolute Gasteiger partial charge is 0.465 e. The standard InChI is InChI=1S/C19H20F2N2O3S.ClH/c1-3-7-23-8-6-13-15(10-23)27-18(16(13)19(25)26-2)22-17(24)12-5-4-11(20)9-14(12)21;/h4-5,9H,3,6-8,10H2,1-2H3,(H,22,24);1H. The average Bonchev–Trinajstić information content (AvgIpc) is 2.98. The molecule has 152 valence electrons. The molecule has 1 aliphatic heterocycles. The molecular weight excluding hydrogens is 410 g/mol. The molecule has 1 aromatic carbocycles. The van der Waals surface area contributed by atoms with Gasteiger partial charge in [0.25, 0.3) is 5.91 Å². The molecule has 2 heterocycles. The van der Waals surface area contributed by atoms with Gasteiger partial charge in [-0.2, -0.15) is 0 Å². The van der Waals surface area contributed by atoms with Crippen molar-refractivity contribution in [3.63, 3.8) is 0 Å². The van der Waals surface area contributed by atoms with E-state index in [1.54, 1.807) is 0 Å². The third-order valence-corrected chi connectivity index (χ3v) is 5.60. The Morgan fingerprint density at radius 1 is 1.32 bits per heavy atom. The molecule has 3 rings (SSSR count). The number of carbonyl (C=O) groups is 2. The second kappa shape index (κ2) is 9.45. The predicted octanol–water partition coefficient (Wildman–Crippen LogP) is 4.26. The van der Waals surface area contributed by atoms with Crippen LogP contribution in [0.15, 0.2) is 18.2 Å². The first-order valence-corrected chi connectivity index (χ1v) is 9.47. The van der Waals surface area contributed by atoms with E-state index in [2.05, 4.69) is 17.1 Å². The Kier molecular flexibility index (Phi) is 7.51. The monoisotopic (exact) mass is 430 g/mol. The number of benzene rings is 1. The second-order valence-corrected chi connectivity index (χ2v) is 7.41. The van der Waals surface area contributed by atoms with Crippen LogP contribution in [0.25, 0.3) is 0 Å². The van der Waals surface area contributed by atoms with E-state index in [1.165, 1.54) is 18.4 Å². The Morgan fingerprint density at radius 2 is 2.07 bits per heavy atom. The number of methoxy groups -OCH3 is 1. The molecular formula is C19H21ClF2N2O3S. The number of nitrogens with zero attached hydrogens (tertiary/aromatic N) is 1. The van der Waals surface area contributed by atoms with E-state index < -0.39 is 23.5 Å². The first kappa shape index (κ1) is 22.3. The highest BCUT2D eigenvalue weighted by molar-refractivity contribution is 7.17. The maximum atomic E-state index is 13.9. The van der Waals surface area contributed by atoms with Crippen molar-refractivity contribution < 1.29 is 23.1 Å². The zero-order valence-corrected chi connectivity index (χ0v) is 17.1. The molecule has 2 aromatic rings. The summed E-state index contributed by atoms with van der Waals surface area (Å²) in [6, 6.07) is 2.74. The molecule has 0 unspecified atom stereocenters. The van der Waals surface area contributed by atoms with Gasteiger partial charge >= 0.3 is 5.97 Å². The molecule has 0 spiro atoms. The number of rotatable bonds is 5. The van der Waals surface area contributed by atoms with Crippen molar-refractivity contribution >= 4 is 40.6 Å². The van der Waals surface area contributed by atoms with Crippen LogP contribution < -0.4 is 5.32 Å². The minimum Gasteiger partial charge on any atom is -0.465 e. The fourth-order valence-electron chi connectivity index (χ4n) is 3.21. The smallest absolute Gasteiger partial charge is 0.341 e. The van der Waals surface area contributed by atoms with Crippen molar-refractivity contribution in [2.24, 2.45) is 0 Å². The van der Waals surface area contributed by atoms with Crippen molar-refractivity contribution in [1.29, 1.82) is 0 Å².